The number of aromatic nitrogens is 2. The molecule has 0 unspecified atom stereocenters. The van der Waals surface area contributed by atoms with Gasteiger partial charge in [0.15, 0.2) is 11.5 Å². The Morgan fingerprint density at radius 3 is 2.82 bits per heavy atom. The van der Waals surface area contributed by atoms with Crippen LogP contribution in [0.5, 0.6) is 0 Å². The number of nitriles is 1. The minimum absolute atomic E-state index is 0.369. The Morgan fingerprint density at radius 2 is 2.06 bits per heavy atom. The largest absolute Gasteiger partial charge is 0.368 e. The summed E-state index contributed by atoms with van der Waals surface area (Å²) in [6, 6.07) is 2.03. The van der Waals surface area contributed by atoms with Crippen molar-refractivity contribution in [2.45, 2.75) is 19.3 Å². The van der Waals surface area contributed by atoms with Gasteiger partial charge in [0.2, 0.25) is 0 Å². The third-order valence-electron chi connectivity index (χ3n) is 2.95. The van der Waals surface area contributed by atoms with Gasteiger partial charge in [-0.2, -0.15) is 5.26 Å². The second-order valence-corrected chi connectivity index (χ2v) is 4.19. The van der Waals surface area contributed by atoms with E-state index < -0.39 is 0 Å². The second-order valence-electron chi connectivity index (χ2n) is 4.19. The van der Waals surface area contributed by atoms with Crippen molar-refractivity contribution >= 4 is 5.82 Å². The quantitative estimate of drug-likeness (QED) is 0.772. The Balaban J connectivity index is 1.72. The Labute approximate surface area is 101 Å². The van der Waals surface area contributed by atoms with Crippen molar-refractivity contribution in [3.05, 3.63) is 18.1 Å². The van der Waals surface area contributed by atoms with Gasteiger partial charge in [-0.25, -0.2) is 9.97 Å². The van der Waals surface area contributed by atoms with Gasteiger partial charge in [-0.15, -0.1) is 0 Å². The van der Waals surface area contributed by atoms with Crippen LogP contribution in [0.3, 0.4) is 0 Å². The molecule has 0 bridgehead atoms. The lowest BCUT2D eigenvalue weighted by atomic mass is 10.3. The lowest BCUT2D eigenvalue weighted by molar-refractivity contribution is 0.337. The summed E-state index contributed by atoms with van der Waals surface area (Å²) < 4.78 is 0. The predicted molar refractivity (Wildman–Crippen MR) is 65.5 cm³/mol. The van der Waals surface area contributed by atoms with Crippen LogP contribution in [0.4, 0.5) is 5.82 Å². The summed E-state index contributed by atoms with van der Waals surface area (Å²) in [7, 11) is 0. The second kappa shape index (κ2) is 6.16. The SMILES string of the molecule is N#Cc1nccnc1NCCCN1CCCC1. The number of nitrogens with zero attached hydrogens (tertiary/aromatic N) is 4. The first-order valence-electron chi connectivity index (χ1n) is 6.07. The first-order valence-corrected chi connectivity index (χ1v) is 6.07. The highest BCUT2D eigenvalue weighted by Gasteiger charge is 2.10. The molecule has 1 aromatic rings. The fourth-order valence-electron chi connectivity index (χ4n) is 2.06. The molecule has 1 N–H and O–H groups in total. The zero-order valence-electron chi connectivity index (χ0n) is 9.89. The van der Waals surface area contributed by atoms with E-state index in [0.29, 0.717) is 11.5 Å². The molecule has 1 fully saturated rings. The monoisotopic (exact) mass is 231 g/mol. The lowest BCUT2D eigenvalue weighted by Gasteiger charge is -2.14. The van der Waals surface area contributed by atoms with Crippen molar-refractivity contribution in [1.82, 2.24) is 14.9 Å². The van der Waals surface area contributed by atoms with E-state index in [1.54, 1.807) is 6.20 Å². The van der Waals surface area contributed by atoms with Crippen LogP contribution in [-0.4, -0.2) is 41.0 Å². The zero-order chi connectivity index (χ0) is 11.9. The molecule has 5 heteroatoms. The Morgan fingerprint density at radius 1 is 1.29 bits per heavy atom. The molecule has 1 aliphatic rings. The highest BCUT2D eigenvalue weighted by molar-refractivity contribution is 5.46. The van der Waals surface area contributed by atoms with Crippen LogP contribution in [-0.2, 0) is 0 Å². The zero-order valence-corrected chi connectivity index (χ0v) is 9.89. The maximum absolute atomic E-state index is 8.85. The van der Waals surface area contributed by atoms with E-state index >= 15 is 0 Å². The van der Waals surface area contributed by atoms with Crippen LogP contribution < -0.4 is 5.32 Å². The summed E-state index contributed by atoms with van der Waals surface area (Å²) in [5.41, 5.74) is 0.369. The fourth-order valence-corrected chi connectivity index (χ4v) is 2.06. The molecule has 0 amide bonds. The first kappa shape index (κ1) is 11.8. The van der Waals surface area contributed by atoms with Gasteiger partial charge in [-0.05, 0) is 38.9 Å². The summed E-state index contributed by atoms with van der Waals surface area (Å²) in [6.07, 6.45) is 6.87. The topological polar surface area (TPSA) is 64.8 Å². The molecule has 0 aromatic carbocycles. The molecular formula is C12H17N5. The molecule has 90 valence electrons. The van der Waals surface area contributed by atoms with Gasteiger partial charge in [-0.3, -0.25) is 0 Å². The van der Waals surface area contributed by atoms with E-state index in [2.05, 4.69) is 20.2 Å². The third-order valence-corrected chi connectivity index (χ3v) is 2.95. The number of anilines is 1. The van der Waals surface area contributed by atoms with E-state index in [0.717, 1.165) is 19.5 Å². The molecular weight excluding hydrogens is 214 g/mol. The smallest absolute Gasteiger partial charge is 0.182 e. The summed E-state index contributed by atoms with van der Waals surface area (Å²) in [5.74, 6) is 0.594. The number of hydrogen-bond acceptors (Lipinski definition) is 5. The Bertz CT molecular complexity index is 392. The molecule has 1 aromatic heterocycles. The molecule has 2 heterocycles. The molecule has 1 aliphatic heterocycles. The minimum atomic E-state index is 0.369. The molecule has 0 aliphatic carbocycles. The number of nitrogens with one attached hydrogen (secondary N) is 1. The summed E-state index contributed by atoms with van der Waals surface area (Å²) in [4.78, 5) is 10.5. The normalized spacial score (nSPS) is 15.7. The van der Waals surface area contributed by atoms with Gasteiger partial charge in [-0.1, -0.05) is 0 Å². The van der Waals surface area contributed by atoms with Crippen molar-refractivity contribution in [2.24, 2.45) is 0 Å². The van der Waals surface area contributed by atoms with E-state index in [1.807, 2.05) is 6.07 Å². The maximum atomic E-state index is 8.85. The van der Waals surface area contributed by atoms with Crippen LogP contribution in [0.15, 0.2) is 12.4 Å². The Kier molecular flexibility index (Phi) is 4.28. The first-order chi connectivity index (χ1) is 8.40. The number of hydrogen-bond donors (Lipinski definition) is 1. The molecule has 17 heavy (non-hydrogen) atoms. The molecule has 2 rings (SSSR count). The van der Waals surface area contributed by atoms with Crippen LogP contribution in [0, 0.1) is 11.3 Å². The van der Waals surface area contributed by atoms with Crippen LogP contribution in [0.2, 0.25) is 0 Å². The standard InChI is InChI=1S/C12H17N5/c13-10-11-12(16-6-5-14-11)15-4-3-9-17-7-1-2-8-17/h5-6H,1-4,7-9H2,(H,15,16). The van der Waals surface area contributed by atoms with E-state index in [9.17, 15) is 0 Å². The van der Waals surface area contributed by atoms with Gasteiger partial charge >= 0.3 is 0 Å². The van der Waals surface area contributed by atoms with Crippen molar-refractivity contribution in [3.63, 3.8) is 0 Å². The van der Waals surface area contributed by atoms with Gasteiger partial charge in [0.05, 0.1) is 0 Å². The molecule has 0 spiro atoms. The van der Waals surface area contributed by atoms with Crippen molar-refractivity contribution < 1.29 is 0 Å². The average Bonchev–Trinajstić information content (AvgIpc) is 2.88. The van der Waals surface area contributed by atoms with Crippen LogP contribution >= 0.6 is 0 Å². The van der Waals surface area contributed by atoms with E-state index in [-0.39, 0.29) is 0 Å². The van der Waals surface area contributed by atoms with Gasteiger partial charge < -0.3 is 10.2 Å². The highest BCUT2D eigenvalue weighted by Crippen LogP contribution is 2.09. The molecule has 0 atom stereocenters. The third kappa shape index (κ3) is 3.40. The fraction of sp³-hybridized carbons (Fsp3) is 0.583. The van der Waals surface area contributed by atoms with Crippen molar-refractivity contribution in [3.8, 4) is 6.07 Å². The van der Waals surface area contributed by atoms with E-state index in [4.69, 9.17) is 5.26 Å². The highest BCUT2D eigenvalue weighted by atomic mass is 15.1. The van der Waals surface area contributed by atoms with Crippen molar-refractivity contribution in [2.75, 3.05) is 31.5 Å². The predicted octanol–water partition coefficient (Wildman–Crippen LogP) is 1.25. The van der Waals surface area contributed by atoms with Gasteiger partial charge in [0.25, 0.3) is 0 Å². The maximum Gasteiger partial charge on any atom is 0.182 e. The molecule has 0 saturated carbocycles. The van der Waals surface area contributed by atoms with Crippen LogP contribution in [0.1, 0.15) is 25.0 Å². The average molecular weight is 231 g/mol. The van der Waals surface area contributed by atoms with Gasteiger partial charge in [0.1, 0.15) is 6.07 Å². The molecule has 5 nitrogen and oxygen atoms in total. The molecule has 0 radical (unpaired) electrons. The minimum Gasteiger partial charge on any atom is -0.368 e. The summed E-state index contributed by atoms with van der Waals surface area (Å²) >= 11 is 0. The van der Waals surface area contributed by atoms with Crippen LogP contribution in [0.25, 0.3) is 0 Å². The lowest BCUT2D eigenvalue weighted by Crippen LogP contribution is -2.22. The van der Waals surface area contributed by atoms with Crippen molar-refractivity contribution in [1.29, 1.82) is 5.26 Å². The molecule has 1 saturated heterocycles. The Hall–Kier alpha value is -1.67. The van der Waals surface area contributed by atoms with E-state index in [1.165, 1.54) is 32.1 Å². The number of rotatable bonds is 5. The summed E-state index contributed by atoms with van der Waals surface area (Å²) in [6.45, 7) is 4.42. The number of likely N-dealkylation sites (tertiary alicyclic amines) is 1. The summed E-state index contributed by atoms with van der Waals surface area (Å²) in [5, 5.41) is 12.0. The van der Waals surface area contributed by atoms with Gasteiger partial charge in [0, 0.05) is 18.9 Å².